The van der Waals surface area contributed by atoms with Crippen molar-refractivity contribution >= 4 is 11.9 Å². The second kappa shape index (κ2) is 5.89. The number of rotatable bonds is 5. The lowest BCUT2D eigenvalue weighted by molar-refractivity contribution is -0.142. The van der Waals surface area contributed by atoms with Crippen LogP contribution in [-0.4, -0.2) is 30.2 Å². The Bertz CT molecular complexity index is 373. The maximum absolute atomic E-state index is 11.4. The van der Waals surface area contributed by atoms with Gasteiger partial charge in [0, 0.05) is 12.6 Å². The van der Waals surface area contributed by atoms with Gasteiger partial charge in [0.2, 0.25) is 0 Å². The third-order valence-corrected chi connectivity index (χ3v) is 1.78. The van der Waals surface area contributed by atoms with Crippen LogP contribution in [0, 0.1) is 6.92 Å². The summed E-state index contributed by atoms with van der Waals surface area (Å²) in [4.78, 5) is 22.4. The molecule has 6 nitrogen and oxygen atoms in total. The molecule has 16 heavy (non-hydrogen) atoms. The first-order valence-electron chi connectivity index (χ1n) is 5.00. The zero-order valence-electron chi connectivity index (χ0n) is 9.28. The quantitative estimate of drug-likeness (QED) is 0.746. The molecular weight excluding hydrogens is 212 g/mol. The van der Waals surface area contributed by atoms with Crippen molar-refractivity contribution in [3.8, 4) is 0 Å². The van der Waals surface area contributed by atoms with E-state index in [9.17, 15) is 9.59 Å². The van der Waals surface area contributed by atoms with Crippen molar-refractivity contribution in [2.75, 3.05) is 13.2 Å². The minimum absolute atomic E-state index is 0.149. The topological polar surface area (TPSA) is 81.4 Å². The highest BCUT2D eigenvalue weighted by molar-refractivity contribution is 5.92. The Morgan fingerprint density at radius 3 is 2.88 bits per heavy atom. The largest absolute Gasteiger partial charge is 0.466 e. The van der Waals surface area contributed by atoms with E-state index in [1.165, 1.54) is 6.07 Å². The van der Waals surface area contributed by atoms with E-state index in [2.05, 4.69) is 10.5 Å². The van der Waals surface area contributed by atoms with Crippen molar-refractivity contribution in [1.29, 1.82) is 0 Å². The Morgan fingerprint density at radius 2 is 2.31 bits per heavy atom. The number of ether oxygens (including phenoxy) is 1. The summed E-state index contributed by atoms with van der Waals surface area (Å²) in [6.07, 6.45) is 0.149. The zero-order chi connectivity index (χ0) is 12.0. The molecule has 0 radical (unpaired) electrons. The van der Waals surface area contributed by atoms with Crippen LogP contribution in [0.5, 0.6) is 0 Å². The molecule has 0 atom stereocenters. The predicted octanol–water partition coefficient (Wildman–Crippen LogP) is 0.666. The van der Waals surface area contributed by atoms with Crippen LogP contribution in [0.1, 0.15) is 29.6 Å². The number of hydrogen-bond acceptors (Lipinski definition) is 5. The molecule has 0 fully saturated rings. The van der Waals surface area contributed by atoms with Crippen molar-refractivity contribution in [2.45, 2.75) is 20.3 Å². The fourth-order valence-corrected chi connectivity index (χ4v) is 1.08. The molecule has 0 aliphatic heterocycles. The van der Waals surface area contributed by atoms with Crippen LogP contribution < -0.4 is 5.32 Å². The third kappa shape index (κ3) is 3.72. The number of aromatic nitrogens is 1. The zero-order valence-corrected chi connectivity index (χ0v) is 9.28. The number of nitrogens with one attached hydrogen (secondary N) is 1. The van der Waals surface area contributed by atoms with E-state index in [1.807, 2.05) is 0 Å². The van der Waals surface area contributed by atoms with Crippen molar-refractivity contribution in [2.24, 2.45) is 0 Å². The van der Waals surface area contributed by atoms with E-state index in [0.29, 0.717) is 12.4 Å². The number of carbonyl (C=O) groups excluding carboxylic acids is 2. The molecule has 6 heteroatoms. The minimum atomic E-state index is -0.360. The van der Waals surface area contributed by atoms with Gasteiger partial charge in [-0.1, -0.05) is 5.16 Å². The monoisotopic (exact) mass is 226 g/mol. The second-order valence-corrected chi connectivity index (χ2v) is 3.13. The van der Waals surface area contributed by atoms with E-state index < -0.39 is 0 Å². The van der Waals surface area contributed by atoms with Gasteiger partial charge < -0.3 is 14.6 Å². The van der Waals surface area contributed by atoms with Gasteiger partial charge in [0.15, 0.2) is 5.69 Å². The number of amides is 1. The summed E-state index contributed by atoms with van der Waals surface area (Å²) < 4.78 is 9.46. The highest BCUT2D eigenvalue weighted by atomic mass is 16.5. The van der Waals surface area contributed by atoms with E-state index in [0.717, 1.165) is 0 Å². The molecule has 1 amide bonds. The number of hydrogen-bond donors (Lipinski definition) is 1. The maximum Gasteiger partial charge on any atom is 0.307 e. The number of nitrogens with zero attached hydrogens (tertiary/aromatic N) is 1. The van der Waals surface area contributed by atoms with E-state index in [4.69, 9.17) is 9.26 Å². The van der Waals surface area contributed by atoms with Crippen molar-refractivity contribution in [3.05, 3.63) is 17.5 Å². The van der Waals surface area contributed by atoms with Gasteiger partial charge in [0.1, 0.15) is 5.76 Å². The van der Waals surface area contributed by atoms with Gasteiger partial charge >= 0.3 is 5.97 Å². The average molecular weight is 226 g/mol. The van der Waals surface area contributed by atoms with E-state index in [-0.39, 0.29) is 30.5 Å². The maximum atomic E-state index is 11.4. The molecule has 0 aliphatic rings. The molecule has 0 saturated heterocycles. The first-order chi connectivity index (χ1) is 7.63. The molecule has 1 aromatic heterocycles. The molecule has 0 aliphatic carbocycles. The standard InChI is InChI=1S/C10H14N2O4/c1-3-15-9(13)4-5-11-10(14)8-6-7(2)16-12-8/h6H,3-5H2,1-2H3,(H,11,14). The first-order valence-corrected chi connectivity index (χ1v) is 5.00. The SMILES string of the molecule is CCOC(=O)CCNC(=O)c1cc(C)on1. The van der Waals surface area contributed by atoms with Crippen LogP contribution in [0.2, 0.25) is 0 Å². The number of esters is 1. The smallest absolute Gasteiger partial charge is 0.307 e. The van der Waals surface area contributed by atoms with Gasteiger partial charge in [-0.2, -0.15) is 0 Å². The predicted molar refractivity (Wildman–Crippen MR) is 54.8 cm³/mol. The van der Waals surface area contributed by atoms with Gasteiger partial charge in [-0.05, 0) is 13.8 Å². The lowest BCUT2D eigenvalue weighted by Gasteiger charge is -2.02. The average Bonchev–Trinajstić information content (AvgIpc) is 2.65. The highest BCUT2D eigenvalue weighted by Gasteiger charge is 2.10. The van der Waals surface area contributed by atoms with Crippen LogP contribution in [0.25, 0.3) is 0 Å². The van der Waals surface area contributed by atoms with Crippen molar-refractivity contribution in [3.63, 3.8) is 0 Å². The Hall–Kier alpha value is -1.85. The van der Waals surface area contributed by atoms with Crippen molar-refractivity contribution < 1.29 is 18.8 Å². The second-order valence-electron chi connectivity index (χ2n) is 3.13. The molecule has 1 N–H and O–H groups in total. The van der Waals surface area contributed by atoms with E-state index in [1.54, 1.807) is 13.8 Å². The van der Waals surface area contributed by atoms with Crippen LogP contribution >= 0.6 is 0 Å². The van der Waals surface area contributed by atoms with Gasteiger partial charge in [-0.25, -0.2) is 0 Å². The summed E-state index contributed by atoms with van der Waals surface area (Å²) in [5.41, 5.74) is 0.210. The number of aryl methyl sites for hydroxylation is 1. The van der Waals surface area contributed by atoms with Crippen molar-refractivity contribution in [1.82, 2.24) is 10.5 Å². The lowest BCUT2D eigenvalue weighted by Crippen LogP contribution is -2.26. The van der Waals surface area contributed by atoms with E-state index >= 15 is 0 Å². The molecule has 1 heterocycles. The molecule has 0 bridgehead atoms. The Labute approximate surface area is 92.9 Å². The highest BCUT2D eigenvalue weighted by Crippen LogP contribution is 2.00. The molecule has 0 unspecified atom stereocenters. The fraction of sp³-hybridized carbons (Fsp3) is 0.500. The normalized spacial score (nSPS) is 9.88. The van der Waals surface area contributed by atoms with Gasteiger partial charge in [-0.15, -0.1) is 0 Å². The molecule has 1 aromatic rings. The number of carbonyl (C=O) groups is 2. The summed E-state index contributed by atoms with van der Waals surface area (Å²) in [5.74, 6) is -0.129. The summed E-state index contributed by atoms with van der Waals surface area (Å²) in [5, 5.41) is 6.09. The Kier molecular flexibility index (Phi) is 4.50. The Morgan fingerprint density at radius 1 is 1.56 bits per heavy atom. The fourth-order valence-electron chi connectivity index (χ4n) is 1.08. The molecule has 0 aromatic carbocycles. The van der Waals surface area contributed by atoms with Gasteiger partial charge in [-0.3, -0.25) is 9.59 Å². The van der Waals surface area contributed by atoms with Crippen LogP contribution in [-0.2, 0) is 9.53 Å². The van der Waals surface area contributed by atoms with Crippen LogP contribution in [0.3, 0.4) is 0 Å². The molecule has 88 valence electrons. The molecule has 1 rings (SSSR count). The van der Waals surface area contributed by atoms with Gasteiger partial charge in [0.05, 0.1) is 13.0 Å². The molecule has 0 saturated carbocycles. The first kappa shape index (κ1) is 12.2. The Balaban J connectivity index is 2.28. The third-order valence-electron chi connectivity index (χ3n) is 1.78. The summed E-state index contributed by atoms with van der Waals surface area (Å²) in [7, 11) is 0. The van der Waals surface area contributed by atoms with Gasteiger partial charge in [0.25, 0.3) is 5.91 Å². The summed E-state index contributed by atoms with van der Waals surface area (Å²) >= 11 is 0. The summed E-state index contributed by atoms with van der Waals surface area (Å²) in [6, 6.07) is 1.53. The summed E-state index contributed by atoms with van der Waals surface area (Å²) in [6.45, 7) is 4.00. The lowest BCUT2D eigenvalue weighted by atomic mass is 10.3. The van der Waals surface area contributed by atoms with Crippen LogP contribution in [0.15, 0.2) is 10.6 Å². The molecular formula is C10H14N2O4. The minimum Gasteiger partial charge on any atom is -0.466 e. The molecule has 0 spiro atoms. The van der Waals surface area contributed by atoms with Crippen LogP contribution in [0.4, 0.5) is 0 Å².